The first-order valence-electron chi connectivity index (χ1n) is 8.04. The number of thiophene rings is 1. The highest BCUT2D eigenvalue weighted by Gasteiger charge is 2.23. The van der Waals surface area contributed by atoms with E-state index >= 15 is 0 Å². The van der Waals surface area contributed by atoms with Crippen LogP contribution in [0.4, 0.5) is 11.4 Å². The Hall–Kier alpha value is -2.87. The SMILES string of the molecule is COC(=O)c1c(NC(C)=O)c2cc(NCc3ccc(C)s3)cnc2n1C. The number of fused-ring (bicyclic) bond motifs is 1. The zero-order chi connectivity index (χ0) is 18.8. The number of hydrogen-bond acceptors (Lipinski definition) is 6. The highest BCUT2D eigenvalue weighted by Crippen LogP contribution is 2.32. The van der Waals surface area contributed by atoms with Gasteiger partial charge in [-0.05, 0) is 25.1 Å². The van der Waals surface area contributed by atoms with Crippen LogP contribution in [0.1, 0.15) is 27.2 Å². The zero-order valence-electron chi connectivity index (χ0n) is 15.0. The van der Waals surface area contributed by atoms with Crippen molar-refractivity contribution in [3.05, 3.63) is 39.8 Å². The number of rotatable bonds is 5. The Morgan fingerprint density at radius 2 is 2.12 bits per heavy atom. The van der Waals surface area contributed by atoms with Crippen LogP contribution in [0.25, 0.3) is 11.0 Å². The Balaban J connectivity index is 2.01. The molecule has 7 nitrogen and oxygen atoms in total. The minimum absolute atomic E-state index is 0.260. The van der Waals surface area contributed by atoms with Crippen molar-refractivity contribution in [2.75, 3.05) is 17.7 Å². The van der Waals surface area contributed by atoms with Crippen molar-refractivity contribution in [1.29, 1.82) is 0 Å². The second kappa shape index (κ2) is 7.17. The van der Waals surface area contributed by atoms with E-state index in [0.29, 0.717) is 23.3 Å². The number of pyridine rings is 1. The number of nitrogens with zero attached hydrogens (tertiary/aromatic N) is 2. The Morgan fingerprint density at radius 1 is 1.35 bits per heavy atom. The van der Waals surface area contributed by atoms with Crippen LogP contribution in [0.5, 0.6) is 0 Å². The van der Waals surface area contributed by atoms with Gasteiger partial charge in [-0.2, -0.15) is 0 Å². The van der Waals surface area contributed by atoms with Gasteiger partial charge in [0.2, 0.25) is 5.91 Å². The van der Waals surface area contributed by atoms with Gasteiger partial charge in [0.15, 0.2) is 5.69 Å². The average Bonchev–Trinajstić information content (AvgIpc) is 3.14. The highest BCUT2D eigenvalue weighted by atomic mass is 32.1. The van der Waals surface area contributed by atoms with Crippen molar-refractivity contribution in [3.8, 4) is 0 Å². The van der Waals surface area contributed by atoms with Crippen LogP contribution in [0.2, 0.25) is 0 Å². The maximum atomic E-state index is 12.2. The lowest BCUT2D eigenvalue weighted by atomic mass is 10.2. The average molecular weight is 372 g/mol. The predicted octanol–water partition coefficient (Wildman–Crippen LogP) is 3.30. The number of amides is 1. The van der Waals surface area contributed by atoms with Crippen molar-refractivity contribution in [2.45, 2.75) is 20.4 Å². The fraction of sp³-hybridized carbons (Fsp3) is 0.278. The predicted molar refractivity (Wildman–Crippen MR) is 103 cm³/mol. The quantitative estimate of drug-likeness (QED) is 0.671. The fourth-order valence-corrected chi connectivity index (χ4v) is 3.64. The molecule has 0 spiro atoms. The summed E-state index contributed by atoms with van der Waals surface area (Å²) in [5.74, 6) is -0.798. The molecule has 26 heavy (non-hydrogen) atoms. The number of anilines is 2. The third kappa shape index (κ3) is 3.41. The molecule has 0 saturated heterocycles. The van der Waals surface area contributed by atoms with Gasteiger partial charge in [-0.1, -0.05) is 0 Å². The lowest BCUT2D eigenvalue weighted by Crippen LogP contribution is -2.13. The molecule has 3 aromatic rings. The molecule has 136 valence electrons. The minimum Gasteiger partial charge on any atom is -0.464 e. The van der Waals surface area contributed by atoms with E-state index in [1.165, 1.54) is 23.8 Å². The van der Waals surface area contributed by atoms with E-state index < -0.39 is 5.97 Å². The van der Waals surface area contributed by atoms with Gasteiger partial charge in [-0.3, -0.25) is 4.79 Å². The monoisotopic (exact) mass is 372 g/mol. The topological polar surface area (TPSA) is 85.2 Å². The van der Waals surface area contributed by atoms with Gasteiger partial charge in [0.25, 0.3) is 0 Å². The van der Waals surface area contributed by atoms with Gasteiger partial charge >= 0.3 is 5.97 Å². The number of carbonyl (C=O) groups excluding carboxylic acids is 2. The molecule has 0 aliphatic rings. The molecular weight excluding hydrogens is 352 g/mol. The zero-order valence-corrected chi connectivity index (χ0v) is 15.9. The van der Waals surface area contributed by atoms with Gasteiger partial charge in [-0.25, -0.2) is 9.78 Å². The number of ether oxygens (including phenoxy) is 1. The summed E-state index contributed by atoms with van der Waals surface area (Å²) < 4.78 is 6.48. The van der Waals surface area contributed by atoms with Gasteiger partial charge in [-0.15, -0.1) is 11.3 Å². The molecule has 0 atom stereocenters. The van der Waals surface area contributed by atoms with Gasteiger partial charge < -0.3 is 19.9 Å². The first-order valence-corrected chi connectivity index (χ1v) is 8.86. The van der Waals surface area contributed by atoms with Crippen LogP contribution >= 0.6 is 11.3 Å². The number of esters is 1. The van der Waals surface area contributed by atoms with E-state index in [-0.39, 0.29) is 11.6 Å². The molecular formula is C18H20N4O3S. The normalized spacial score (nSPS) is 10.8. The molecule has 0 aliphatic carbocycles. The highest BCUT2D eigenvalue weighted by molar-refractivity contribution is 7.11. The summed E-state index contributed by atoms with van der Waals surface area (Å²) in [5, 5.41) is 6.74. The van der Waals surface area contributed by atoms with Gasteiger partial charge in [0, 0.05) is 35.7 Å². The molecule has 0 aliphatic heterocycles. The van der Waals surface area contributed by atoms with E-state index in [1.54, 1.807) is 29.1 Å². The number of aromatic nitrogens is 2. The summed E-state index contributed by atoms with van der Waals surface area (Å²) in [6, 6.07) is 6.04. The molecule has 0 fully saturated rings. The number of carbonyl (C=O) groups is 2. The van der Waals surface area contributed by atoms with Crippen molar-refractivity contribution in [1.82, 2.24) is 9.55 Å². The number of nitrogens with one attached hydrogen (secondary N) is 2. The molecule has 3 rings (SSSR count). The third-order valence-corrected chi connectivity index (χ3v) is 4.97. The molecule has 8 heteroatoms. The lowest BCUT2D eigenvalue weighted by Gasteiger charge is -2.06. The van der Waals surface area contributed by atoms with E-state index in [0.717, 1.165) is 5.69 Å². The maximum absolute atomic E-state index is 12.2. The van der Waals surface area contributed by atoms with Crippen LogP contribution in [0, 0.1) is 6.92 Å². The summed E-state index contributed by atoms with van der Waals surface area (Å²) in [6.45, 7) is 4.15. The molecule has 0 radical (unpaired) electrons. The van der Waals surface area contributed by atoms with Crippen LogP contribution in [-0.2, 0) is 23.1 Å². The summed E-state index contributed by atoms with van der Waals surface area (Å²) in [4.78, 5) is 30.7. The number of aryl methyl sites for hydroxylation is 2. The molecule has 3 heterocycles. The molecule has 3 aromatic heterocycles. The van der Waals surface area contributed by atoms with Crippen LogP contribution in [0.3, 0.4) is 0 Å². The summed E-state index contributed by atoms with van der Waals surface area (Å²) in [6.07, 6.45) is 1.71. The Labute approximate surface area is 155 Å². The Morgan fingerprint density at radius 3 is 2.73 bits per heavy atom. The largest absolute Gasteiger partial charge is 0.464 e. The Bertz CT molecular complexity index is 990. The number of methoxy groups -OCH3 is 1. The molecule has 0 unspecified atom stereocenters. The summed E-state index contributed by atoms with van der Waals surface area (Å²) in [5.41, 5.74) is 2.06. The molecule has 1 amide bonds. The van der Waals surface area contributed by atoms with Gasteiger partial charge in [0.05, 0.1) is 24.7 Å². The van der Waals surface area contributed by atoms with E-state index in [4.69, 9.17) is 4.74 Å². The smallest absolute Gasteiger partial charge is 0.356 e. The van der Waals surface area contributed by atoms with Crippen LogP contribution in [-0.4, -0.2) is 28.5 Å². The van der Waals surface area contributed by atoms with Crippen molar-refractivity contribution >= 4 is 45.6 Å². The van der Waals surface area contributed by atoms with E-state index in [9.17, 15) is 9.59 Å². The first kappa shape index (κ1) is 17.9. The van der Waals surface area contributed by atoms with Crippen molar-refractivity contribution < 1.29 is 14.3 Å². The second-order valence-corrected chi connectivity index (χ2v) is 7.29. The van der Waals surface area contributed by atoms with Crippen LogP contribution in [0.15, 0.2) is 24.4 Å². The lowest BCUT2D eigenvalue weighted by molar-refractivity contribution is -0.114. The van der Waals surface area contributed by atoms with Crippen molar-refractivity contribution in [3.63, 3.8) is 0 Å². The van der Waals surface area contributed by atoms with Crippen molar-refractivity contribution in [2.24, 2.45) is 7.05 Å². The van der Waals surface area contributed by atoms with E-state index in [2.05, 4.69) is 34.7 Å². The van der Waals surface area contributed by atoms with Crippen LogP contribution < -0.4 is 10.6 Å². The number of hydrogen-bond donors (Lipinski definition) is 2. The second-order valence-electron chi connectivity index (χ2n) is 5.92. The molecule has 2 N–H and O–H groups in total. The molecule has 0 aromatic carbocycles. The minimum atomic E-state index is -0.530. The Kier molecular flexibility index (Phi) is 4.94. The fourth-order valence-electron chi connectivity index (χ4n) is 2.81. The first-order chi connectivity index (χ1) is 12.4. The van der Waals surface area contributed by atoms with Gasteiger partial charge in [0.1, 0.15) is 5.65 Å². The van der Waals surface area contributed by atoms with E-state index in [1.807, 2.05) is 6.07 Å². The molecule has 0 saturated carbocycles. The molecule has 0 bridgehead atoms. The standard InChI is InChI=1S/C18H20N4O3S/c1-10-5-6-13(26-10)9-19-12-7-14-15(21-11(2)23)16(18(24)25-4)22(3)17(14)20-8-12/h5-8,19H,9H2,1-4H3,(H,21,23). The summed E-state index contributed by atoms with van der Waals surface area (Å²) >= 11 is 1.73. The summed E-state index contributed by atoms with van der Waals surface area (Å²) in [7, 11) is 3.02. The maximum Gasteiger partial charge on any atom is 0.356 e. The third-order valence-electron chi connectivity index (χ3n) is 3.97.